The normalized spacial score (nSPS) is 21.2. The first-order valence-corrected chi connectivity index (χ1v) is 15.4. The zero-order valence-corrected chi connectivity index (χ0v) is 25.4. The van der Waals surface area contributed by atoms with Crippen molar-refractivity contribution in [3.63, 3.8) is 0 Å². The van der Waals surface area contributed by atoms with E-state index in [2.05, 4.69) is 5.32 Å². The van der Waals surface area contributed by atoms with Gasteiger partial charge in [0.05, 0.1) is 18.6 Å². The molecule has 0 unspecified atom stereocenters. The third kappa shape index (κ3) is 5.91. The number of nitrogens with one attached hydrogen (secondary N) is 1. The van der Waals surface area contributed by atoms with E-state index in [0.717, 1.165) is 64.9 Å². The largest absolute Gasteiger partial charge is 0.490 e. The summed E-state index contributed by atoms with van der Waals surface area (Å²) < 4.78 is 17.2. The van der Waals surface area contributed by atoms with Gasteiger partial charge in [-0.2, -0.15) is 0 Å². The Hall–Kier alpha value is -3.75. The second kappa shape index (κ2) is 12.1. The van der Waals surface area contributed by atoms with Crippen LogP contribution in [0.2, 0.25) is 5.02 Å². The minimum absolute atomic E-state index is 0.0316. The molecule has 3 aliphatic rings. The van der Waals surface area contributed by atoms with E-state index in [9.17, 15) is 14.7 Å². The molecule has 1 amide bonds. The minimum Gasteiger partial charge on any atom is -0.490 e. The molecule has 43 heavy (non-hydrogen) atoms. The van der Waals surface area contributed by atoms with Crippen LogP contribution in [-0.4, -0.2) is 47.9 Å². The van der Waals surface area contributed by atoms with Crippen LogP contribution in [0.4, 0.5) is 5.69 Å². The minimum atomic E-state index is -0.910. The van der Waals surface area contributed by atoms with Gasteiger partial charge in [0.15, 0.2) is 11.5 Å². The number of amides is 1. The first kappa shape index (κ1) is 29.3. The van der Waals surface area contributed by atoms with E-state index in [1.165, 1.54) is 0 Å². The fraction of sp³-hybridized carbons (Fsp3) is 0.412. The Morgan fingerprint density at radius 3 is 2.37 bits per heavy atom. The van der Waals surface area contributed by atoms with Crippen molar-refractivity contribution in [3.8, 4) is 17.2 Å². The first-order valence-electron chi connectivity index (χ1n) is 15.0. The summed E-state index contributed by atoms with van der Waals surface area (Å²) in [4.78, 5) is 28.7. The van der Waals surface area contributed by atoms with Crippen molar-refractivity contribution in [3.05, 3.63) is 81.4 Å². The van der Waals surface area contributed by atoms with Gasteiger partial charge in [-0.05, 0) is 90.8 Å². The van der Waals surface area contributed by atoms with Gasteiger partial charge in [-0.3, -0.25) is 14.5 Å². The van der Waals surface area contributed by atoms with Crippen molar-refractivity contribution in [1.82, 2.24) is 4.90 Å². The average molecular weight is 605 g/mol. The van der Waals surface area contributed by atoms with Crippen LogP contribution in [0.15, 0.2) is 48.5 Å². The molecular formula is C34H37ClN2O6. The molecule has 8 nitrogen and oxygen atoms in total. The van der Waals surface area contributed by atoms with Gasteiger partial charge in [0.2, 0.25) is 12.7 Å². The number of aryl methyl sites for hydroxylation is 2. The molecule has 6 rings (SSSR count). The van der Waals surface area contributed by atoms with Crippen molar-refractivity contribution in [2.24, 2.45) is 5.92 Å². The van der Waals surface area contributed by atoms with Crippen LogP contribution in [0.5, 0.6) is 17.2 Å². The summed E-state index contributed by atoms with van der Waals surface area (Å²) in [5.74, 6) is -0.199. The Kier molecular flexibility index (Phi) is 8.25. The molecule has 0 bridgehead atoms. The number of rotatable bonds is 10. The summed E-state index contributed by atoms with van der Waals surface area (Å²) in [5.41, 5.74) is 5.32. The molecule has 1 aliphatic carbocycles. The Labute approximate surface area is 256 Å². The quantitative estimate of drug-likeness (QED) is 0.272. The van der Waals surface area contributed by atoms with E-state index in [1.54, 1.807) is 0 Å². The van der Waals surface area contributed by atoms with Crippen LogP contribution in [0.25, 0.3) is 0 Å². The third-order valence-electron chi connectivity index (χ3n) is 8.80. The topological polar surface area (TPSA) is 97.3 Å². The number of anilines is 1. The first-order chi connectivity index (χ1) is 20.8. The monoisotopic (exact) mass is 604 g/mol. The average Bonchev–Trinajstić information content (AvgIpc) is 3.52. The molecule has 2 N–H and O–H groups in total. The second-order valence-electron chi connectivity index (χ2n) is 11.6. The molecule has 1 saturated carbocycles. The van der Waals surface area contributed by atoms with Gasteiger partial charge in [-0.1, -0.05) is 43.6 Å². The van der Waals surface area contributed by atoms with E-state index >= 15 is 0 Å². The van der Waals surface area contributed by atoms with Crippen LogP contribution < -0.4 is 19.5 Å². The summed E-state index contributed by atoms with van der Waals surface area (Å²) in [6.45, 7) is 6.56. The van der Waals surface area contributed by atoms with Crippen LogP contribution in [0.1, 0.15) is 66.5 Å². The lowest BCUT2D eigenvalue weighted by Gasteiger charge is -2.27. The number of aliphatic carboxylic acids is 1. The van der Waals surface area contributed by atoms with Gasteiger partial charge in [0, 0.05) is 29.2 Å². The number of benzene rings is 3. The van der Waals surface area contributed by atoms with Crippen LogP contribution in [0.3, 0.4) is 0 Å². The predicted molar refractivity (Wildman–Crippen MR) is 164 cm³/mol. The Morgan fingerprint density at radius 2 is 1.74 bits per heavy atom. The summed E-state index contributed by atoms with van der Waals surface area (Å²) in [7, 11) is 0. The van der Waals surface area contributed by atoms with Crippen LogP contribution in [0, 0.1) is 12.8 Å². The van der Waals surface area contributed by atoms with Crippen molar-refractivity contribution in [1.29, 1.82) is 0 Å². The molecule has 2 fully saturated rings. The van der Waals surface area contributed by atoms with Gasteiger partial charge < -0.3 is 24.6 Å². The van der Waals surface area contributed by atoms with Gasteiger partial charge in [-0.15, -0.1) is 0 Å². The van der Waals surface area contributed by atoms with Crippen molar-refractivity contribution < 1.29 is 28.9 Å². The molecular weight excluding hydrogens is 568 g/mol. The molecule has 226 valence electrons. The Bertz CT molecular complexity index is 1510. The molecule has 0 spiro atoms. The second-order valence-corrected chi connectivity index (χ2v) is 12.0. The highest BCUT2D eigenvalue weighted by atomic mass is 35.5. The summed E-state index contributed by atoms with van der Waals surface area (Å²) >= 11 is 6.35. The Balaban J connectivity index is 1.34. The Morgan fingerprint density at radius 1 is 1.05 bits per heavy atom. The maximum atomic E-state index is 13.7. The number of fused-ring (bicyclic) bond motifs is 1. The summed E-state index contributed by atoms with van der Waals surface area (Å²) in [5, 5.41) is 14.5. The molecule has 9 heteroatoms. The molecule has 3 aromatic rings. The number of hydrogen-bond acceptors (Lipinski definition) is 6. The van der Waals surface area contributed by atoms with Gasteiger partial charge in [-0.25, -0.2) is 0 Å². The summed E-state index contributed by atoms with van der Waals surface area (Å²) in [6, 6.07) is 14.7. The smallest absolute Gasteiger partial charge is 0.309 e. The predicted octanol–water partition coefficient (Wildman–Crippen LogP) is 6.52. The van der Waals surface area contributed by atoms with Crippen molar-refractivity contribution >= 4 is 29.2 Å². The fourth-order valence-corrected chi connectivity index (χ4v) is 6.83. The highest BCUT2D eigenvalue weighted by Crippen LogP contribution is 2.49. The van der Waals surface area contributed by atoms with E-state index < -0.39 is 17.9 Å². The van der Waals surface area contributed by atoms with Gasteiger partial charge in [0.25, 0.3) is 0 Å². The third-order valence-corrected chi connectivity index (χ3v) is 9.02. The van der Waals surface area contributed by atoms with Crippen molar-refractivity contribution in [2.75, 3.05) is 25.2 Å². The number of carbonyl (C=O) groups excluding carboxylic acids is 1. The number of halogens is 1. The maximum absolute atomic E-state index is 13.7. The highest BCUT2D eigenvalue weighted by molar-refractivity contribution is 6.30. The number of ether oxygens (including phenoxy) is 3. The lowest BCUT2D eigenvalue weighted by atomic mass is 9.81. The number of carboxylic acid groups (broad SMARTS) is 1. The zero-order valence-electron chi connectivity index (χ0n) is 24.7. The van der Waals surface area contributed by atoms with Gasteiger partial charge >= 0.3 is 5.97 Å². The molecule has 3 aromatic carbocycles. The molecule has 0 aromatic heterocycles. The van der Waals surface area contributed by atoms with Gasteiger partial charge in [0.1, 0.15) is 5.75 Å². The van der Waals surface area contributed by atoms with E-state index in [0.29, 0.717) is 23.1 Å². The van der Waals surface area contributed by atoms with Crippen LogP contribution in [-0.2, 0) is 22.4 Å². The maximum Gasteiger partial charge on any atom is 0.309 e. The zero-order chi connectivity index (χ0) is 30.2. The highest BCUT2D eigenvalue weighted by Gasteiger charge is 2.48. The SMILES string of the molecule is CCc1cc(Cl)cc(CC)c1NC(=O)CN1C[C@H](c2ccc3c(c2C)OCO3)[C@@H](C(=O)O)[C@@H]1c1ccc(OC2CC2)cc1. The number of carbonyl (C=O) groups is 2. The number of nitrogens with zero attached hydrogens (tertiary/aromatic N) is 1. The number of carboxylic acids is 1. The standard InChI is InChI=1S/C34H37ClN2O6/c1-4-20-14-23(35)15-21(5-2)31(20)36-29(38)17-37-16-27(26-12-13-28-33(19(26)3)42-18-41-28)30(34(39)40)32(37)22-6-8-24(9-7-22)43-25-10-11-25/h6-9,12-15,25,27,30,32H,4-5,10-11,16-18H2,1-3H3,(H,36,38)(H,39,40)/t27-,30-,32+/m1/s1. The molecule has 0 radical (unpaired) electrons. The van der Waals surface area contributed by atoms with E-state index in [4.69, 9.17) is 25.8 Å². The van der Waals surface area contributed by atoms with Crippen molar-refractivity contribution in [2.45, 2.75) is 64.5 Å². The lowest BCUT2D eigenvalue weighted by molar-refractivity contribution is -0.143. The molecule has 3 atom stereocenters. The summed E-state index contributed by atoms with van der Waals surface area (Å²) in [6.07, 6.45) is 3.81. The number of hydrogen-bond donors (Lipinski definition) is 2. The lowest BCUT2D eigenvalue weighted by Crippen LogP contribution is -2.35. The fourth-order valence-electron chi connectivity index (χ4n) is 6.56. The number of likely N-dealkylation sites (tertiary alicyclic amines) is 1. The molecule has 2 aliphatic heterocycles. The molecule has 1 saturated heterocycles. The van der Waals surface area contributed by atoms with Crippen LogP contribution >= 0.6 is 11.6 Å². The van der Waals surface area contributed by atoms with E-state index in [1.807, 2.05) is 74.2 Å². The molecule has 2 heterocycles. The van der Waals surface area contributed by atoms with E-state index in [-0.39, 0.29) is 31.3 Å².